The predicted molar refractivity (Wildman–Crippen MR) is 362 cm³/mol. The molecule has 0 aromatic heterocycles. The van der Waals surface area contributed by atoms with E-state index in [1.807, 2.05) is 0 Å². The third-order valence-corrected chi connectivity index (χ3v) is 16.8. The molecule has 0 bridgehead atoms. The van der Waals surface area contributed by atoms with Crippen molar-refractivity contribution in [2.45, 2.75) is 412 Å². The second-order valence-corrected chi connectivity index (χ2v) is 25.2. The summed E-state index contributed by atoms with van der Waals surface area (Å²) < 4.78 is 17.0. The van der Waals surface area contributed by atoms with Crippen molar-refractivity contribution < 1.29 is 28.6 Å². The number of esters is 3. The van der Waals surface area contributed by atoms with Crippen molar-refractivity contribution in [2.75, 3.05) is 13.2 Å². The average Bonchev–Trinajstić information content (AvgIpc) is 3.49. The Morgan fingerprint density at radius 2 is 0.434 bits per heavy atom. The van der Waals surface area contributed by atoms with Crippen LogP contribution in [0.2, 0.25) is 0 Å². The second-order valence-electron chi connectivity index (χ2n) is 25.2. The molecule has 0 aromatic rings. The van der Waals surface area contributed by atoms with Crippen molar-refractivity contribution in [1.82, 2.24) is 0 Å². The first-order valence-electron chi connectivity index (χ1n) is 37.1. The monoisotopic (exact) mass is 1160 g/mol. The molecule has 0 fully saturated rings. The Morgan fingerprint density at radius 1 is 0.241 bits per heavy atom. The first-order chi connectivity index (χ1) is 41.0. The minimum atomic E-state index is -0.780. The maximum Gasteiger partial charge on any atom is 0.306 e. The minimum Gasteiger partial charge on any atom is -0.462 e. The number of carbonyl (C=O) groups is 3. The van der Waals surface area contributed by atoms with E-state index in [4.69, 9.17) is 14.2 Å². The largest absolute Gasteiger partial charge is 0.462 e. The molecule has 1 atom stereocenters. The summed E-state index contributed by atoms with van der Waals surface area (Å²) in [4.78, 5) is 38.4. The maximum absolute atomic E-state index is 12.9. The number of unbranched alkanes of at least 4 members (excludes halogenated alkanes) is 50. The van der Waals surface area contributed by atoms with E-state index in [9.17, 15) is 14.4 Å². The van der Waals surface area contributed by atoms with Gasteiger partial charge in [-0.1, -0.05) is 333 Å². The Morgan fingerprint density at radius 3 is 0.711 bits per heavy atom. The molecule has 0 rings (SSSR count). The fraction of sp³-hybridized carbons (Fsp3) is 0.857. The molecule has 0 aromatic carbocycles. The summed E-state index contributed by atoms with van der Waals surface area (Å²) in [6.07, 6.45) is 91.7. The van der Waals surface area contributed by atoms with Gasteiger partial charge in [0.25, 0.3) is 0 Å². The third kappa shape index (κ3) is 70.0. The van der Waals surface area contributed by atoms with Crippen molar-refractivity contribution in [2.24, 2.45) is 0 Å². The van der Waals surface area contributed by atoms with Crippen LogP contribution in [0.1, 0.15) is 406 Å². The molecule has 0 radical (unpaired) electrons. The van der Waals surface area contributed by atoms with Crippen molar-refractivity contribution >= 4 is 17.9 Å². The highest BCUT2D eigenvalue weighted by molar-refractivity contribution is 5.71. The molecule has 6 heteroatoms. The van der Waals surface area contributed by atoms with Crippen molar-refractivity contribution in [3.8, 4) is 0 Å². The zero-order valence-electron chi connectivity index (χ0n) is 56.0. The zero-order chi connectivity index (χ0) is 59.9. The summed E-state index contributed by atoms with van der Waals surface area (Å²) in [6, 6.07) is 0. The molecule has 0 saturated heterocycles. The van der Waals surface area contributed by atoms with Gasteiger partial charge in [-0.05, 0) is 103 Å². The van der Waals surface area contributed by atoms with Crippen molar-refractivity contribution in [3.05, 3.63) is 48.6 Å². The molecule has 486 valence electrons. The Kier molecular flexibility index (Phi) is 69.6. The number of ether oxygens (including phenoxy) is 3. The summed E-state index contributed by atoms with van der Waals surface area (Å²) in [5.74, 6) is -0.868. The minimum absolute atomic E-state index is 0.0750. The van der Waals surface area contributed by atoms with Crippen LogP contribution in [-0.4, -0.2) is 37.2 Å². The Hall–Kier alpha value is -2.63. The van der Waals surface area contributed by atoms with E-state index in [1.54, 1.807) is 0 Å². The summed E-state index contributed by atoms with van der Waals surface area (Å²) in [5.41, 5.74) is 0. The van der Waals surface area contributed by atoms with Gasteiger partial charge >= 0.3 is 17.9 Å². The van der Waals surface area contributed by atoms with Crippen LogP contribution in [0, 0.1) is 0 Å². The molecule has 0 N–H and O–H groups in total. The SMILES string of the molecule is CCCCC/C=C\CCCCCCCC(=O)OCC(COC(=O)CCCCCCCCCCCCCCCCCCCCCCCCC/C=C\CCCCCCCCCC)OC(=O)CCCCCCCCC/C=C\C/C=C\CCCCCC. The molecule has 0 aliphatic heterocycles. The first-order valence-corrected chi connectivity index (χ1v) is 37.1. The topological polar surface area (TPSA) is 78.9 Å². The molecule has 0 amide bonds. The molecule has 83 heavy (non-hydrogen) atoms. The Labute approximate surface area is 518 Å². The normalized spacial score (nSPS) is 12.3. The lowest BCUT2D eigenvalue weighted by Crippen LogP contribution is -2.30. The first kappa shape index (κ1) is 80.4. The standard InChI is InChI=1S/C77H142O6/c1-4-7-10-13-16-19-22-25-27-29-31-32-33-34-35-36-37-38-39-40-41-42-43-44-45-46-47-49-50-52-55-58-61-64-67-70-76(79)82-73-74(72-81-75(78)69-66-63-60-57-54-24-21-18-15-12-9-6-3)83-77(80)71-68-65-62-59-56-53-51-48-30-28-26-23-20-17-14-11-8-5-2/h18,20-21,23,28-31,74H,4-17,19,22,24-27,32-73H2,1-3H3/b21-18-,23-20-,30-28-,31-29-. The summed E-state index contributed by atoms with van der Waals surface area (Å²) in [6.45, 7) is 6.65. The number of hydrogen-bond donors (Lipinski definition) is 0. The van der Waals surface area contributed by atoms with E-state index >= 15 is 0 Å². The van der Waals surface area contributed by atoms with Gasteiger partial charge in [-0.15, -0.1) is 0 Å². The van der Waals surface area contributed by atoms with E-state index in [1.165, 1.54) is 289 Å². The second kappa shape index (κ2) is 71.8. The maximum atomic E-state index is 12.9. The van der Waals surface area contributed by atoms with Gasteiger partial charge in [-0.25, -0.2) is 0 Å². The lowest BCUT2D eigenvalue weighted by Gasteiger charge is -2.18. The number of hydrogen-bond acceptors (Lipinski definition) is 6. The van der Waals surface area contributed by atoms with E-state index in [2.05, 4.69) is 69.4 Å². The molecule has 0 spiro atoms. The van der Waals surface area contributed by atoms with Gasteiger partial charge < -0.3 is 14.2 Å². The summed E-state index contributed by atoms with van der Waals surface area (Å²) in [5, 5.41) is 0. The average molecular weight is 1160 g/mol. The molecular weight excluding hydrogens is 1020 g/mol. The van der Waals surface area contributed by atoms with Crippen LogP contribution >= 0.6 is 0 Å². The fourth-order valence-electron chi connectivity index (χ4n) is 11.2. The van der Waals surface area contributed by atoms with Crippen LogP contribution in [-0.2, 0) is 28.6 Å². The fourth-order valence-corrected chi connectivity index (χ4v) is 11.2. The van der Waals surface area contributed by atoms with E-state index in [0.717, 1.165) is 77.0 Å². The number of rotatable bonds is 69. The third-order valence-electron chi connectivity index (χ3n) is 16.8. The lowest BCUT2D eigenvalue weighted by molar-refractivity contribution is -0.167. The van der Waals surface area contributed by atoms with Gasteiger partial charge in [0.05, 0.1) is 0 Å². The van der Waals surface area contributed by atoms with Crippen LogP contribution in [0.3, 0.4) is 0 Å². The summed E-state index contributed by atoms with van der Waals surface area (Å²) >= 11 is 0. The molecule has 1 unspecified atom stereocenters. The predicted octanol–water partition coefficient (Wildman–Crippen LogP) is 25.7. The summed E-state index contributed by atoms with van der Waals surface area (Å²) in [7, 11) is 0. The van der Waals surface area contributed by atoms with Crippen molar-refractivity contribution in [1.29, 1.82) is 0 Å². The molecule has 0 aliphatic rings. The van der Waals surface area contributed by atoms with E-state index in [-0.39, 0.29) is 31.1 Å². The van der Waals surface area contributed by atoms with Crippen LogP contribution in [0.15, 0.2) is 48.6 Å². The Balaban J connectivity index is 4.07. The van der Waals surface area contributed by atoms with Crippen molar-refractivity contribution in [3.63, 3.8) is 0 Å². The molecule has 0 aliphatic carbocycles. The van der Waals surface area contributed by atoms with Crippen LogP contribution in [0.5, 0.6) is 0 Å². The zero-order valence-corrected chi connectivity index (χ0v) is 56.0. The molecule has 6 nitrogen and oxygen atoms in total. The van der Waals surface area contributed by atoms with E-state index in [0.29, 0.717) is 19.3 Å². The molecular formula is C77H142O6. The highest BCUT2D eigenvalue weighted by Crippen LogP contribution is 2.18. The number of allylic oxidation sites excluding steroid dienone is 8. The van der Waals surface area contributed by atoms with Gasteiger partial charge in [0.2, 0.25) is 0 Å². The van der Waals surface area contributed by atoms with Gasteiger partial charge in [0.1, 0.15) is 13.2 Å². The Bertz CT molecular complexity index is 1430. The highest BCUT2D eigenvalue weighted by atomic mass is 16.6. The van der Waals surface area contributed by atoms with Crippen LogP contribution < -0.4 is 0 Å². The van der Waals surface area contributed by atoms with Gasteiger partial charge in [-0.3, -0.25) is 14.4 Å². The van der Waals surface area contributed by atoms with Gasteiger partial charge in [-0.2, -0.15) is 0 Å². The van der Waals surface area contributed by atoms with Gasteiger partial charge in [0, 0.05) is 19.3 Å². The van der Waals surface area contributed by atoms with Crippen LogP contribution in [0.4, 0.5) is 0 Å². The molecule has 0 heterocycles. The quantitative estimate of drug-likeness (QED) is 0.0261. The number of carbonyl (C=O) groups excluding carboxylic acids is 3. The smallest absolute Gasteiger partial charge is 0.306 e. The van der Waals surface area contributed by atoms with Gasteiger partial charge in [0.15, 0.2) is 6.10 Å². The highest BCUT2D eigenvalue weighted by Gasteiger charge is 2.19. The lowest BCUT2D eigenvalue weighted by atomic mass is 10.0. The molecule has 0 saturated carbocycles. The van der Waals surface area contributed by atoms with Crippen LogP contribution in [0.25, 0.3) is 0 Å². The van der Waals surface area contributed by atoms with E-state index < -0.39 is 6.10 Å².